The summed E-state index contributed by atoms with van der Waals surface area (Å²) in [5, 5.41) is 8.42. The van der Waals surface area contributed by atoms with Gasteiger partial charge in [-0.3, -0.25) is 4.99 Å². The summed E-state index contributed by atoms with van der Waals surface area (Å²) in [5.41, 5.74) is 20.5. The highest BCUT2D eigenvalue weighted by Gasteiger charge is 2.38. The highest BCUT2D eigenvalue weighted by molar-refractivity contribution is 6.29. The molecule has 1 heteroatoms. The van der Waals surface area contributed by atoms with Crippen LogP contribution in [-0.2, 0) is 11.8 Å². The van der Waals surface area contributed by atoms with E-state index >= 15 is 0 Å². The lowest BCUT2D eigenvalue weighted by molar-refractivity contribution is 0.350. The van der Waals surface area contributed by atoms with Crippen molar-refractivity contribution >= 4 is 38.0 Å². The summed E-state index contributed by atoms with van der Waals surface area (Å²) in [5.74, 6) is 1.45. The molecule has 366 valence electrons. The van der Waals surface area contributed by atoms with Crippen LogP contribution in [0.4, 0.5) is 0 Å². The summed E-state index contributed by atoms with van der Waals surface area (Å²) in [6.45, 7) is 19.2. The predicted octanol–water partition coefficient (Wildman–Crippen LogP) is 19.8. The largest absolute Gasteiger partial charge is 0.285 e. The molecule has 0 radical (unpaired) electrons. The van der Waals surface area contributed by atoms with Crippen LogP contribution in [-0.4, -0.2) is 11.8 Å². The van der Waals surface area contributed by atoms with Crippen molar-refractivity contribution in [2.75, 3.05) is 0 Å². The molecule has 1 aliphatic carbocycles. The second-order valence-electron chi connectivity index (χ2n) is 22.3. The molecule has 9 aromatic rings. The number of hydrogen-bond acceptors (Lipinski definition) is 1. The van der Waals surface area contributed by atoms with Crippen molar-refractivity contribution < 1.29 is 0 Å². The molecule has 11 rings (SSSR count). The van der Waals surface area contributed by atoms with Gasteiger partial charge in [0.1, 0.15) is 0 Å². The topological polar surface area (TPSA) is 12.4 Å². The molecular formula is C72H73N. The molecule has 5 atom stereocenters. The highest BCUT2D eigenvalue weighted by Crippen LogP contribution is 2.54. The Hall–Kier alpha value is -6.83. The van der Waals surface area contributed by atoms with Crippen molar-refractivity contribution in [2.24, 2.45) is 22.7 Å². The lowest BCUT2D eigenvalue weighted by atomic mass is 9.75. The molecule has 1 aliphatic heterocycles. The summed E-state index contributed by atoms with van der Waals surface area (Å²) in [6, 6.07) is 66.7. The van der Waals surface area contributed by atoms with Gasteiger partial charge in [0.05, 0.1) is 6.04 Å². The van der Waals surface area contributed by atoms with Crippen LogP contribution in [0.15, 0.2) is 193 Å². The van der Waals surface area contributed by atoms with Crippen LogP contribution in [0, 0.1) is 31.6 Å². The number of allylic oxidation sites excluding steroid dienone is 2. The minimum atomic E-state index is -0.113. The number of rotatable bonds is 12. The maximum absolute atomic E-state index is 6.08. The Balaban J connectivity index is 1.00. The third-order valence-electron chi connectivity index (χ3n) is 17.6. The minimum Gasteiger partial charge on any atom is -0.285 e. The molecule has 0 saturated heterocycles. The van der Waals surface area contributed by atoms with Crippen molar-refractivity contribution in [3.05, 3.63) is 227 Å². The van der Waals surface area contributed by atoms with Crippen LogP contribution in [0.3, 0.4) is 0 Å². The van der Waals surface area contributed by atoms with Crippen LogP contribution < -0.4 is 0 Å². The first kappa shape index (κ1) is 48.4. The summed E-state index contributed by atoms with van der Waals surface area (Å²) in [7, 11) is 0. The van der Waals surface area contributed by atoms with Gasteiger partial charge in [-0.1, -0.05) is 229 Å². The van der Waals surface area contributed by atoms with Gasteiger partial charge < -0.3 is 0 Å². The molecule has 1 nitrogen and oxygen atoms in total. The molecule has 5 unspecified atom stereocenters. The van der Waals surface area contributed by atoms with E-state index in [0.717, 1.165) is 44.9 Å². The van der Waals surface area contributed by atoms with Gasteiger partial charge in [0.25, 0.3) is 0 Å². The Kier molecular flexibility index (Phi) is 13.4. The van der Waals surface area contributed by atoms with Gasteiger partial charge in [0.15, 0.2) is 0 Å². The Morgan fingerprint density at radius 2 is 1.22 bits per heavy atom. The fourth-order valence-electron chi connectivity index (χ4n) is 13.6. The Morgan fingerprint density at radius 3 is 1.97 bits per heavy atom. The van der Waals surface area contributed by atoms with E-state index in [1.807, 2.05) is 0 Å². The van der Waals surface area contributed by atoms with Gasteiger partial charge in [-0.15, -0.1) is 0 Å². The molecule has 0 aromatic heterocycles. The molecule has 0 bridgehead atoms. The third-order valence-corrected chi connectivity index (χ3v) is 17.6. The van der Waals surface area contributed by atoms with Crippen molar-refractivity contribution in [3.63, 3.8) is 0 Å². The van der Waals surface area contributed by atoms with E-state index in [-0.39, 0.29) is 17.4 Å². The molecular weight excluding hydrogens is 879 g/mol. The minimum absolute atomic E-state index is 0.113. The summed E-state index contributed by atoms with van der Waals surface area (Å²) in [4.78, 5) is 6.08. The van der Waals surface area contributed by atoms with E-state index in [1.165, 1.54) is 110 Å². The monoisotopic (exact) mass is 952 g/mol. The Bertz CT molecular complexity index is 3550. The summed E-state index contributed by atoms with van der Waals surface area (Å²) in [6.07, 6.45) is 10.0. The maximum Gasteiger partial charge on any atom is 0.0540 e. The summed E-state index contributed by atoms with van der Waals surface area (Å²) < 4.78 is 0. The number of benzene rings is 9. The lowest BCUT2D eigenvalue weighted by Gasteiger charge is -2.31. The van der Waals surface area contributed by atoms with Gasteiger partial charge in [-0.2, -0.15) is 0 Å². The normalized spacial score (nSPS) is 19.0. The third kappa shape index (κ3) is 8.77. The fraction of sp³-hybridized carbons (Fsp3) is 0.292. The Morgan fingerprint density at radius 1 is 0.548 bits per heavy atom. The van der Waals surface area contributed by atoms with Gasteiger partial charge >= 0.3 is 0 Å². The molecule has 2 aliphatic rings. The highest BCUT2D eigenvalue weighted by atomic mass is 14.8. The Labute approximate surface area is 436 Å². The lowest BCUT2D eigenvalue weighted by Crippen LogP contribution is -2.25. The van der Waals surface area contributed by atoms with Crippen LogP contribution in [0.5, 0.6) is 0 Å². The van der Waals surface area contributed by atoms with E-state index in [2.05, 4.69) is 237 Å². The number of fused-ring (bicyclic) bond motifs is 10. The fourth-order valence-corrected chi connectivity index (χ4v) is 13.6. The SMILES string of the molecule is CCC(Cc1ccccc1-c1cc(-c2ccccc2)ccc1C)/C1=C\CC(C)C(c2ccccc2)=NC(CC(CC)c2cccc3c4ccc5c(c4c4cccc(C)c4c23)C(C)(C)c2ccccc2-5)C(CC)C1. The second-order valence-corrected chi connectivity index (χ2v) is 22.3. The standard InChI is InChI=1S/C72H73N/c1-9-49(42-56-29-18-19-30-57(56)64-44-55(38-36-46(64)4)52-25-14-12-15-26-52)54-39-37-48(6)71(53-27-16-13-17-28-53)73-66(51(11-3)43-54)45-50(10-2)58-32-23-33-60-61-40-41-62-59-31-20-21-35-65(59)72(7,8)70(62)69(61)63-34-22-24-47(5)67(63)68(58)60/h12-36,38-41,44,48-51,66H,9-11,37,42-43,45H2,1-8H3/b54-39-,73-71?. The average molecular weight is 952 g/mol. The van der Waals surface area contributed by atoms with Crippen LogP contribution in [0.1, 0.15) is 125 Å². The molecule has 9 aromatic carbocycles. The first-order chi connectivity index (χ1) is 35.6. The van der Waals surface area contributed by atoms with Gasteiger partial charge in [0, 0.05) is 17.0 Å². The molecule has 0 N–H and O–H groups in total. The molecule has 0 spiro atoms. The first-order valence-corrected chi connectivity index (χ1v) is 27.7. The van der Waals surface area contributed by atoms with Crippen molar-refractivity contribution in [2.45, 2.75) is 118 Å². The van der Waals surface area contributed by atoms with Gasteiger partial charge in [-0.25, -0.2) is 0 Å². The number of aliphatic imine (C=N–C) groups is 1. The maximum atomic E-state index is 6.08. The zero-order valence-electron chi connectivity index (χ0n) is 44.6. The molecule has 0 amide bonds. The van der Waals surface area contributed by atoms with Crippen molar-refractivity contribution in [1.82, 2.24) is 0 Å². The molecule has 73 heavy (non-hydrogen) atoms. The number of hydrogen-bond donors (Lipinski definition) is 0. The van der Waals surface area contributed by atoms with Gasteiger partial charge in [0.2, 0.25) is 0 Å². The first-order valence-electron chi connectivity index (χ1n) is 27.7. The van der Waals surface area contributed by atoms with Crippen molar-refractivity contribution in [3.8, 4) is 33.4 Å². The van der Waals surface area contributed by atoms with Crippen molar-refractivity contribution in [1.29, 1.82) is 0 Å². The van der Waals surface area contributed by atoms with E-state index in [0.29, 0.717) is 17.8 Å². The second kappa shape index (κ2) is 20.2. The molecule has 1 heterocycles. The molecule has 0 fully saturated rings. The van der Waals surface area contributed by atoms with E-state index in [1.54, 1.807) is 5.57 Å². The van der Waals surface area contributed by atoms with E-state index in [9.17, 15) is 0 Å². The smallest absolute Gasteiger partial charge is 0.0540 e. The van der Waals surface area contributed by atoms with Crippen LogP contribution in [0.2, 0.25) is 0 Å². The van der Waals surface area contributed by atoms with Gasteiger partial charge in [-0.05, 0) is 181 Å². The average Bonchev–Trinajstić information content (AvgIpc) is 3.70. The number of nitrogens with zero attached hydrogens (tertiary/aromatic N) is 1. The van der Waals surface area contributed by atoms with E-state index in [4.69, 9.17) is 4.99 Å². The molecule has 0 saturated carbocycles. The summed E-state index contributed by atoms with van der Waals surface area (Å²) >= 11 is 0. The van der Waals surface area contributed by atoms with Crippen LogP contribution >= 0.6 is 0 Å². The number of aryl methyl sites for hydroxylation is 2. The van der Waals surface area contributed by atoms with E-state index < -0.39 is 0 Å². The predicted molar refractivity (Wildman–Crippen MR) is 315 cm³/mol. The quantitative estimate of drug-likeness (QED) is 0.0855. The van der Waals surface area contributed by atoms with Crippen LogP contribution in [0.25, 0.3) is 65.7 Å². The zero-order valence-corrected chi connectivity index (χ0v) is 44.6. The zero-order chi connectivity index (χ0) is 50.4.